The molecule has 1 N–H and O–H groups in total. The van der Waals surface area contributed by atoms with Gasteiger partial charge in [0.2, 0.25) is 0 Å². The maximum absolute atomic E-state index is 5.97. The van der Waals surface area contributed by atoms with Crippen LogP contribution in [-0.2, 0) is 0 Å². The summed E-state index contributed by atoms with van der Waals surface area (Å²) in [5.74, 6) is 0.863. The van der Waals surface area contributed by atoms with Crippen LogP contribution in [0.15, 0.2) is 24.3 Å². The lowest BCUT2D eigenvalue weighted by Crippen LogP contribution is -2.37. The van der Waals surface area contributed by atoms with Gasteiger partial charge in [0.15, 0.2) is 0 Å². The first-order valence-corrected chi connectivity index (χ1v) is 7.88. The van der Waals surface area contributed by atoms with E-state index in [0.717, 1.165) is 29.7 Å². The first-order chi connectivity index (χ1) is 9.63. The van der Waals surface area contributed by atoms with Crippen molar-refractivity contribution in [3.63, 3.8) is 0 Å². The summed E-state index contributed by atoms with van der Waals surface area (Å²) in [5, 5.41) is 4.21. The smallest absolute Gasteiger partial charge is 0.0426 e. The van der Waals surface area contributed by atoms with Gasteiger partial charge in [0.25, 0.3) is 0 Å². The fourth-order valence-corrected chi connectivity index (χ4v) is 2.96. The number of likely N-dealkylation sites (N-methyl/N-ethyl adjacent to an activating group) is 1. The summed E-state index contributed by atoms with van der Waals surface area (Å²) >= 11 is 5.97. The van der Waals surface area contributed by atoms with Crippen molar-refractivity contribution < 1.29 is 0 Å². The normalized spacial score (nSPS) is 17.6. The molecule has 1 aromatic carbocycles. The first-order valence-electron chi connectivity index (χ1n) is 7.50. The lowest BCUT2D eigenvalue weighted by Gasteiger charge is -2.31. The third-order valence-electron chi connectivity index (χ3n) is 4.06. The Hall–Kier alpha value is -0.770. The van der Waals surface area contributed by atoms with E-state index in [1.807, 2.05) is 18.2 Å². The lowest BCUT2D eigenvalue weighted by molar-refractivity contribution is 0.178. The van der Waals surface area contributed by atoms with Gasteiger partial charge >= 0.3 is 0 Å². The van der Waals surface area contributed by atoms with Gasteiger partial charge in [-0.05, 0) is 64.1 Å². The molecule has 0 bridgehead atoms. The Morgan fingerprint density at radius 2 is 2.10 bits per heavy atom. The zero-order chi connectivity index (χ0) is 14.4. The monoisotopic (exact) mass is 295 g/mol. The van der Waals surface area contributed by atoms with Gasteiger partial charge in [0.1, 0.15) is 0 Å². The van der Waals surface area contributed by atoms with Crippen molar-refractivity contribution in [3.8, 4) is 0 Å². The Morgan fingerprint density at radius 3 is 2.80 bits per heavy atom. The molecule has 1 saturated heterocycles. The largest absolute Gasteiger partial charge is 0.384 e. The van der Waals surface area contributed by atoms with E-state index in [1.165, 1.54) is 32.5 Å². The van der Waals surface area contributed by atoms with E-state index in [2.05, 4.69) is 35.3 Å². The van der Waals surface area contributed by atoms with Crippen molar-refractivity contribution in [1.29, 1.82) is 0 Å². The van der Waals surface area contributed by atoms with E-state index in [-0.39, 0.29) is 0 Å². The van der Waals surface area contributed by atoms with Crippen LogP contribution >= 0.6 is 11.6 Å². The van der Waals surface area contributed by atoms with Crippen molar-refractivity contribution in [2.75, 3.05) is 52.1 Å². The van der Waals surface area contributed by atoms with Gasteiger partial charge in [-0.1, -0.05) is 17.7 Å². The number of rotatable bonds is 6. The predicted molar refractivity (Wildman–Crippen MR) is 87.7 cm³/mol. The zero-order valence-electron chi connectivity index (χ0n) is 12.6. The second kappa shape index (κ2) is 7.87. The number of hydrogen-bond acceptors (Lipinski definition) is 3. The maximum atomic E-state index is 5.97. The highest BCUT2D eigenvalue weighted by Crippen LogP contribution is 2.17. The minimum Gasteiger partial charge on any atom is -0.384 e. The van der Waals surface area contributed by atoms with Gasteiger partial charge in [-0.15, -0.1) is 0 Å². The molecule has 0 radical (unpaired) electrons. The molecule has 3 nitrogen and oxygen atoms in total. The van der Waals surface area contributed by atoms with Crippen molar-refractivity contribution in [1.82, 2.24) is 9.80 Å². The summed E-state index contributed by atoms with van der Waals surface area (Å²) in [6.07, 6.45) is 2.67. The van der Waals surface area contributed by atoms with Crippen LogP contribution in [0.1, 0.15) is 12.8 Å². The molecule has 0 spiro atoms. The van der Waals surface area contributed by atoms with Crippen molar-refractivity contribution in [2.45, 2.75) is 12.8 Å². The summed E-state index contributed by atoms with van der Waals surface area (Å²) in [6, 6.07) is 7.91. The number of likely N-dealkylation sites (tertiary alicyclic amines) is 1. The van der Waals surface area contributed by atoms with E-state index in [4.69, 9.17) is 11.6 Å². The molecule has 2 rings (SSSR count). The average molecular weight is 296 g/mol. The van der Waals surface area contributed by atoms with E-state index in [1.54, 1.807) is 0 Å². The summed E-state index contributed by atoms with van der Waals surface area (Å²) in [4.78, 5) is 4.87. The first kappa shape index (κ1) is 15.6. The van der Waals surface area contributed by atoms with Crippen LogP contribution in [0.5, 0.6) is 0 Å². The molecule has 0 atom stereocenters. The third kappa shape index (κ3) is 5.31. The van der Waals surface area contributed by atoms with Crippen LogP contribution in [0.4, 0.5) is 5.69 Å². The molecule has 0 saturated carbocycles. The van der Waals surface area contributed by atoms with Gasteiger partial charge in [-0.3, -0.25) is 0 Å². The maximum Gasteiger partial charge on any atom is 0.0426 e. The molecule has 0 unspecified atom stereocenters. The molecule has 0 amide bonds. The summed E-state index contributed by atoms with van der Waals surface area (Å²) in [5.41, 5.74) is 1.10. The summed E-state index contributed by atoms with van der Waals surface area (Å²) < 4.78 is 0. The SMILES string of the molecule is CN1CCC(CN(C)CCNc2cccc(Cl)c2)CC1. The fourth-order valence-electron chi connectivity index (χ4n) is 2.77. The number of benzene rings is 1. The number of anilines is 1. The van der Waals surface area contributed by atoms with Crippen LogP contribution in [0.3, 0.4) is 0 Å². The lowest BCUT2D eigenvalue weighted by atomic mass is 9.97. The molecule has 1 aliphatic heterocycles. The molecule has 112 valence electrons. The molecule has 1 aliphatic rings. The average Bonchev–Trinajstić information content (AvgIpc) is 2.41. The van der Waals surface area contributed by atoms with Crippen LogP contribution in [0, 0.1) is 5.92 Å². The van der Waals surface area contributed by atoms with Gasteiger partial charge in [-0.2, -0.15) is 0 Å². The molecule has 4 heteroatoms. The Morgan fingerprint density at radius 1 is 1.35 bits per heavy atom. The molecular weight excluding hydrogens is 270 g/mol. The number of hydrogen-bond donors (Lipinski definition) is 1. The minimum absolute atomic E-state index is 0.787. The Labute approximate surface area is 127 Å². The van der Waals surface area contributed by atoms with Gasteiger partial charge in [0, 0.05) is 30.3 Å². The molecule has 1 heterocycles. The predicted octanol–water partition coefficient (Wildman–Crippen LogP) is 3.03. The van der Waals surface area contributed by atoms with Crippen LogP contribution in [0.25, 0.3) is 0 Å². The Kier molecular flexibility index (Phi) is 6.14. The zero-order valence-corrected chi connectivity index (χ0v) is 13.4. The Balaban J connectivity index is 1.64. The van der Waals surface area contributed by atoms with Gasteiger partial charge in [-0.25, -0.2) is 0 Å². The molecule has 1 fully saturated rings. The van der Waals surface area contributed by atoms with Crippen LogP contribution in [0.2, 0.25) is 5.02 Å². The molecule has 1 aromatic rings. The van der Waals surface area contributed by atoms with Crippen molar-refractivity contribution in [3.05, 3.63) is 29.3 Å². The van der Waals surface area contributed by atoms with E-state index in [9.17, 15) is 0 Å². The van der Waals surface area contributed by atoms with Gasteiger partial charge in [0.05, 0.1) is 0 Å². The van der Waals surface area contributed by atoms with Crippen LogP contribution < -0.4 is 5.32 Å². The number of nitrogens with zero attached hydrogens (tertiary/aromatic N) is 2. The fraction of sp³-hybridized carbons (Fsp3) is 0.625. The Bertz CT molecular complexity index is 402. The second-order valence-corrected chi connectivity index (χ2v) is 6.38. The van der Waals surface area contributed by atoms with E-state index >= 15 is 0 Å². The van der Waals surface area contributed by atoms with Crippen molar-refractivity contribution >= 4 is 17.3 Å². The number of halogens is 1. The molecule has 0 aromatic heterocycles. The minimum atomic E-state index is 0.787. The number of nitrogens with one attached hydrogen (secondary N) is 1. The van der Waals surface area contributed by atoms with Gasteiger partial charge < -0.3 is 15.1 Å². The van der Waals surface area contributed by atoms with Crippen molar-refractivity contribution in [2.24, 2.45) is 5.92 Å². The van der Waals surface area contributed by atoms with Crippen LogP contribution in [-0.4, -0.2) is 56.6 Å². The highest BCUT2D eigenvalue weighted by molar-refractivity contribution is 6.30. The molecule has 20 heavy (non-hydrogen) atoms. The topological polar surface area (TPSA) is 18.5 Å². The third-order valence-corrected chi connectivity index (χ3v) is 4.29. The highest BCUT2D eigenvalue weighted by Gasteiger charge is 2.17. The summed E-state index contributed by atoms with van der Waals surface area (Å²) in [6.45, 7) is 5.74. The number of piperidine rings is 1. The molecular formula is C16H26ClN3. The van der Waals surface area contributed by atoms with E-state index in [0.29, 0.717) is 0 Å². The highest BCUT2D eigenvalue weighted by atomic mass is 35.5. The quantitative estimate of drug-likeness (QED) is 0.870. The second-order valence-electron chi connectivity index (χ2n) is 5.95. The molecule has 0 aliphatic carbocycles. The standard InChI is InChI=1S/C16H26ClN3/c1-19-9-6-14(7-10-19)13-20(2)11-8-18-16-5-3-4-15(17)12-16/h3-5,12,14,18H,6-11,13H2,1-2H3. The summed E-state index contributed by atoms with van der Waals surface area (Å²) in [7, 11) is 4.44. The van der Waals surface area contributed by atoms with E-state index < -0.39 is 0 Å².